The van der Waals surface area contributed by atoms with Crippen molar-refractivity contribution in [3.8, 4) is 0 Å². The number of amides is 2. The molecule has 0 bridgehead atoms. The van der Waals surface area contributed by atoms with Gasteiger partial charge in [0.15, 0.2) is 0 Å². The van der Waals surface area contributed by atoms with Gasteiger partial charge in [0.2, 0.25) is 5.91 Å². The SMILES string of the molecule is Cc1ccccc1C(=O)NC(CC(C)C)C(=O)NCC(c1ccco1)N1CCCC1. The number of furan rings is 1. The Bertz CT molecular complexity index is 826. The first-order valence-electron chi connectivity index (χ1n) is 10.9. The van der Waals surface area contributed by atoms with Gasteiger partial charge in [-0.05, 0) is 69.0 Å². The van der Waals surface area contributed by atoms with Gasteiger partial charge in [-0.25, -0.2) is 0 Å². The minimum atomic E-state index is -0.576. The Labute approximate surface area is 179 Å². The molecule has 162 valence electrons. The van der Waals surface area contributed by atoms with Crippen molar-refractivity contribution in [3.63, 3.8) is 0 Å². The molecule has 0 radical (unpaired) electrons. The topological polar surface area (TPSA) is 74.6 Å². The molecule has 1 aliphatic rings. The van der Waals surface area contributed by atoms with E-state index in [2.05, 4.69) is 29.4 Å². The molecular formula is C24H33N3O3. The van der Waals surface area contributed by atoms with Gasteiger partial charge in [0.05, 0.1) is 12.3 Å². The summed E-state index contributed by atoms with van der Waals surface area (Å²) in [6.45, 7) is 8.46. The summed E-state index contributed by atoms with van der Waals surface area (Å²) in [4.78, 5) is 28.2. The van der Waals surface area contributed by atoms with Gasteiger partial charge in [0.1, 0.15) is 11.8 Å². The number of carbonyl (C=O) groups excluding carboxylic acids is 2. The van der Waals surface area contributed by atoms with Crippen LogP contribution in [0.5, 0.6) is 0 Å². The van der Waals surface area contributed by atoms with Crippen LogP contribution in [-0.4, -0.2) is 42.4 Å². The van der Waals surface area contributed by atoms with Crippen LogP contribution in [0.25, 0.3) is 0 Å². The van der Waals surface area contributed by atoms with Crippen LogP contribution in [0.4, 0.5) is 0 Å². The number of carbonyl (C=O) groups is 2. The summed E-state index contributed by atoms with van der Waals surface area (Å²) in [5.74, 6) is 0.774. The largest absolute Gasteiger partial charge is 0.468 e. The highest BCUT2D eigenvalue weighted by molar-refractivity contribution is 5.98. The Morgan fingerprint density at radius 2 is 1.83 bits per heavy atom. The Kier molecular flexibility index (Phi) is 7.69. The van der Waals surface area contributed by atoms with E-state index in [1.54, 1.807) is 12.3 Å². The van der Waals surface area contributed by atoms with Crippen molar-refractivity contribution in [1.82, 2.24) is 15.5 Å². The maximum Gasteiger partial charge on any atom is 0.252 e. The van der Waals surface area contributed by atoms with E-state index in [4.69, 9.17) is 4.42 Å². The third kappa shape index (κ3) is 5.72. The molecule has 3 rings (SSSR count). The minimum Gasteiger partial charge on any atom is -0.468 e. The Morgan fingerprint density at radius 1 is 1.10 bits per heavy atom. The van der Waals surface area contributed by atoms with Crippen LogP contribution in [0.2, 0.25) is 0 Å². The summed E-state index contributed by atoms with van der Waals surface area (Å²) < 4.78 is 5.64. The zero-order valence-electron chi connectivity index (χ0n) is 18.2. The molecule has 1 saturated heterocycles. The second-order valence-corrected chi connectivity index (χ2v) is 8.49. The zero-order valence-corrected chi connectivity index (χ0v) is 18.2. The first kappa shape index (κ1) is 22.1. The number of likely N-dealkylation sites (tertiary alicyclic amines) is 1. The van der Waals surface area contributed by atoms with E-state index in [1.165, 1.54) is 0 Å². The van der Waals surface area contributed by atoms with Gasteiger partial charge >= 0.3 is 0 Å². The van der Waals surface area contributed by atoms with Crippen LogP contribution >= 0.6 is 0 Å². The third-order valence-electron chi connectivity index (χ3n) is 5.64. The molecule has 2 aromatic rings. The van der Waals surface area contributed by atoms with Gasteiger partial charge in [0.25, 0.3) is 5.91 Å². The number of nitrogens with one attached hydrogen (secondary N) is 2. The fraction of sp³-hybridized carbons (Fsp3) is 0.500. The first-order valence-corrected chi connectivity index (χ1v) is 10.9. The fourth-order valence-electron chi connectivity index (χ4n) is 4.03. The summed E-state index contributed by atoms with van der Waals surface area (Å²) >= 11 is 0. The van der Waals surface area contributed by atoms with E-state index in [0.29, 0.717) is 18.5 Å². The molecule has 2 N–H and O–H groups in total. The molecule has 2 amide bonds. The van der Waals surface area contributed by atoms with Gasteiger partial charge in [-0.3, -0.25) is 14.5 Å². The molecular weight excluding hydrogens is 378 g/mol. The van der Waals surface area contributed by atoms with Crippen molar-refractivity contribution in [3.05, 3.63) is 59.5 Å². The highest BCUT2D eigenvalue weighted by atomic mass is 16.3. The lowest BCUT2D eigenvalue weighted by Gasteiger charge is -2.27. The number of benzene rings is 1. The maximum atomic E-state index is 13.0. The van der Waals surface area contributed by atoms with Crippen LogP contribution < -0.4 is 10.6 Å². The Morgan fingerprint density at radius 3 is 2.47 bits per heavy atom. The van der Waals surface area contributed by atoms with Crippen molar-refractivity contribution < 1.29 is 14.0 Å². The smallest absolute Gasteiger partial charge is 0.252 e. The molecule has 1 aromatic carbocycles. The van der Waals surface area contributed by atoms with Crippen molar-refractivity contribution in [2.45, 2.75) is 52.1 Å². The summed E-state index contributed by atoms with van der Waals surface area (Å²) in [6, 6.07) is 10.7. The van der Waals surface area contributed by atoms with E-state index < -0.39 is 6.04 Å². The van der Waals surface area contributed by atoms with Gasteiger partial charge < -0.3 is 15.1 Å². The number of hydrogen-bond donors (Lipinski definition) is 2. The zero-order chi connectivity index (χ0) is 21.5. The monoisotopic (exact) mass is 411 g/mol. The average Bonchev–Trinajstić information content (AvgIpc) is 3.42. The number of hydrogen-bond acceptors (Lipinski definition) is 4. The molecule has 0 aliphatic carbocycles. The lowest BCUT2D eigenvalue weighted by molar-refractivity contribution is -0.123. The molecule has 6 nitrogen and oxygen atoms in total. The second-order valence-electron chi connectivity index (χ2n) is 8.49. The molecule has 1 fully saturated rings. The molecule has 0 saturated carbocycles. The van der Waals surface area contributed by atoms with Gasteiger partial charge in [-0.1, -0.05) is 32.0 Å². The minimum absolute atomic E-state index is 0.0122. The van der Waals surface area contributed by atoms with Crippen molar-refractivity contribution >= 4 is 11.8 Å². The predicted molar refractivity (Wildman–Crippen MR) is 117 cm³/mol. The van der Waals surface area contributed by atoms with Crippen LogP contribution in [0.1, 0.15) is 60.8 Å². The molecule has 1 aliphatic heterocycles. The second kappa shape index (κ2) is 10.4. The van der Waals surface area contributed by atoms with E-state index in [1.807, 2.05) is 37.3 Å². The average molecular weight is 412 g/mol. The number of rotatable bonds is 9. The summed E-state index contributed by atoms with van der Waals surface area (Å²) in [6.07, 6.45) is 4.57. The van der Waals surface area contributed by atoms with E-state index in [0.717, 1.165) is 37.3 Å². The van der Waals surface area contributed by atoms with E-state index in [-0.39, 0.29) is 23.8 Å². The molecule has 6 heteroatoms. The van der Waals surface area contributed by atoms with Crippen LogP contribution in [0.3, 0.4) is 0 Å². The number of aryl methyl sites for hydroxylation is 1. The third-order valence-corrected chi connectivity index (χ3v) is 5.64. The van der Waals surface area contributed by atoms with E-state index >= 15 is 0 Å². The van der Waals surface area contributed by atoms with Crippen molar-refractivity contribution in [2.24, 2.45) is 5.92 Å². The lowest BCUT2D eigenvalue weighted by atomic mass is 10.0. The Balaban J connectivity index is 1.67. The highest BCUT2D eigenvalue weighted by Crippen LogP contribution is 2.25. The van der Waals surface area contributed by atoms with Crippen LogP contribution in [0.15, 0.2) is 47.1 Å². The standard InChI is InChI=1S/C24H33N3O3/c1-17(2)15-20(26-23(28)19-10-5-4-9-18(19)3)24(29)25-16-21(22-11-8-14-30-22)27-12-6-7-13-27/h4-5,8-11,14,17,20-21H,6-7,12-13,15-16H2,1-3H3,(H,25,29)(H,26,28). The number of nitrogens with zero attached hydrogens (tertiary/aromatic N) is 1. The molecule has 2 heterocycles. The normalized spacial score (nSPS) is 16.4. The summed E-state index contributed by atoms with van der Waals surface area (Å²) in [5.41, 5.74) is 1.50. The van der Waals surface area contributed by atoms with E-state index in [9.17, 15) is 9.59 Å². The summed E-state index contributed by atoms with van der Waals surface area (Å²) in [5, 5.41) is 6.01. The summed E-state index contributed by atoms with van der Waals surface area (Å²) in [7, 11) is 0. The molecule has 0 spiro atoms. The highest BCUT2D eigenvalue weighted by Gasteiger charge is 2.28. The van der Waals surface area contributed by atoms with Gasteiger partial charge in [-0.15, -0.1) is 0 Å². The van der Waals surface area contributed by atoms with Gasteiger partial charge in [0, 0.05) is 12.1 Å². The predicted octanol–water partition coefficient (Wildman–Crippen LogP) is 3.69. The first-order chi connectivity index (χ1) is 14.5. The molecule has 1 aromatic heterocycles. The quantitative estimate of drug-likeness (QED) is 0.660. The van der Waals surface area contributed by atoms with Gasteiger partial charge in [-0.2, -0.15) is 0 Å². The molecule has 2 atom stereocenters. The Hall–Kier alpha value is -2.60. The fourth-order valence-corrected chi connectivity index (χ4v) is 4.03. The lowest BCUT2D eigenvalue weighted by Crippen LogP contribution is -2.49. The van der Waals surface area contributed by atoms with Crippen LogP contribution in [0, 0.1) is 12.8 Å². The maximum absolute atomic E-state index is 13.0. The molecule has 30 heavy (non-hydrogen) atoms. The molecule has 2 unspecified atom stereocenters. The van der Waals surface area contributed by atoms with Crippen molar-refractivity contribution in [1.29, 1.82) is 0 Å². The van der Waals surface area contributed by atoms with Crippen LogP contribution in [-0.2, 0) is 4.79 Å². The van der Waals surface area contributed by atoms with Crippen molar-refractivity contribution in [2.75, 3.05) is 19.6 Å².